The lowest BCUT2D eigenvalue weighted by Crippen LogP contribution is -2.45. The number of nitrogens with one attached hydrogen (secondary N) is 1. The minimum Gasteiger partial charge on any atom is -0.452 e. The number of carbonyl (C=O) groups is 2. The fraction of sp³-hybridized carbons (Fsp3) is 0.562. The van der Waals surface area contributed by atoms with Gasteiger partial charge < -0.3 is 10.1 Å². The standard InChI is InChI=1S/C16H20Cl2N2O3/c1-9-4-3-5-12(10(9)2)19-15(21)8-23-16(22)11-6-13(17)20-14(18)7-11/h6-7,9-10,12H,3-5,8H2,1-2H3,(H,19,21)/t9-,10-,12+/m1/s1. The molecule has 23 heavy (non-hydrogen) atoms. The van der Waals surface area contributed by atoms with Gasteiger partial charge in [0.05, 0.1) is 5.56 Å². The van der Waals surface area contributed by atoms with Crippen LogP contribution in [0.15, 0.2) is 12.1 Å². The van der Waals surface area contributed by atoms with Gasteiger partial charge in [0.15, 0.2) is 6.61 Å². The number of pyridine rings is 1. The normalized spacial score (nSPS) is 24.1. The van der Waals surface area contributed by atoms with Crippen molar-refractivity contribution >= 4 is 35.1 Å². The van der Waals surface area contributed by atoms with Crippen LogP contribution in [0, 0.1) is 11.8 Å². The molecule has 1 aromatic heterocycles. The molecule has 1 amide bonds. The maximum absolute atomic E-state index is 12.0. The average molecular weight is 359 g/mol. The zero-order valence-electron chi connectivity index (χ0n) is 13.1. The van der Waals surface area contributed by atoms with Gasteiger partial charge in [-0.3, -0.25) is 4.79 Å². The molecule has 3 atom stereocenters. The van der Waals surface area contributed by atoms with E-state index in [1.165, 1.54) is 18.6 Å². The smallest absolute Gasteiger partial charge is 0.338 e. The highest BCUT2D eigenvalue weighted by Crippen LogP contribution is 2.29. The second-order valence-corrected chi connectivity index (χ2v) is 6.79. The van der Waals surface area contributed by atoms with Crippen LogP contribution in [0.4, 0.5) is 0 Å². The van der Waals surface area contributed by atoms with Gasteiger partial charge in [-0.15, -0.1) is 0 Å². The highest BCUT2D eigenvalue weighted by molar-refractivity contribution is 6.32. The van der Waals surface area contributed by atoms with E-state index in [0.717, 1.165) is 12.8 Å². The molecular formula is C16H20Cl2N2O3. The fourth-order valence-electron chi connectivity index (χ4n) is 2.83. The predicted octanol–water partition coefficient (Wildman–Crippen LogP) is 3.49. The number of esters is 1. The van der Waals surface area contributed by atoms with E-state index in [1.807, 2.05) is 0 Å². The number of rotatable bonds is 4. The van der Waals surface area contributed by atoms with Crippen LogP contribution in [0.25, 0.3) is 0 Å². The van der Waals surface area contributed by atoms with Crippen LogP contribution in [-0.2, 0) is 9.53 Å². The number of halogens is 2. The number of aromatic nitrogens is 1. The van der Waals surface area contributed by atoms with Gasteiger partial charge in [0.25, 0.3) is 5.91 Å². The summed E-state index contributed by atoms with van der Waals surface area (Å²) in [5, 5.41) is 3.14. The monoisotopic (exact) mass is 358 g/mol. The summed E-state index contributed by atoms with van der Waals surface area (Å²) < 4.78 is 5.01. The first kappa shape index (κ1) is 18.0. The lowest BCUT2D eigenvalue weighted by Gasteiger charge is -2.34. The van der Waals surface area contributed by atoms with Crippen LogP contribution in [0.1, 0.15) is 43.5 Å². The van der Waals surface area contributed by atoms with Crippen LogP contribution >= 0.6 is 23.2 Å². The van der Waals surface area contributed by atoms with Crippen LogP contribution in [0.5, 0.6) is 0 Å². The number of hydrogen-bond acceptors (Lipinski definition) is 4. The summed E-state index contributed by atoms with van der Waals surface area (Å²) in [6.45, 7) is 4.01. The molecule has 0 aliphatic heterocycles. The quantitative estimate of drug-likeness (QED) is 0.660. The number of amides is 1. The summed E-state index contributed by atoms with van der Waals surface area (Å²) in [4.78, 5) is 27.6. The van der Waals surface area contributed by atoms with Gasteiger partial charge in [-0.2, -0.15) is 0 Å². The molecule has 0 aromatic carbocycles. The van der Waals surface area contributed by atoms with Crippen molar-refractivity contribution in [1.82, 2.24) is 10.3 Å². The van der Waals surface area contributed by atoms with Crippen molar-refractivity contribution in [3.8, 4) is 0 Å². The molecule has 0 bridgehead atoms. The zero-order chi connectivity index (χ0) is 17.0. The third-order valence-corrected chi connectivity index (χ3v) is 4.77. The van der Waals surface area contributed by atoms with Crippen LogP contribution < -0.4 is 5.32 Å². The third kappa shape index (κ3) is 5.08. The highest BCUT2D eigenvalue weighted by Gasteiger charge is 2.28. The summed E-state index contributed by atoms with van der Waals surface area (Å²) in [6.07, 6.45) is 3.25. The molecule has 0 radical (unpaired) electrons. The number of nitrogens with zero attached hydrogens (tertiary/aromatic N) is 1. The van der Waals surface area contributed by atoms with Gasteiger partial charge in [-0.1, -0.05) is 49.9 Å². The summed E-state index contributed by atoms with van der Waals surface area (Å²) >= 11 is 11.5. The van der Waals surface area contributed by atoms with Crippen molar-refractivity contribution in [3.63, 3.8) is 0 Å². The topological polar surface area (TPSA) is 68.3 Å². The van der Waals surface area contributed by atoms with Crippen molar-refractivity contribution in [2.45, 2.75) is 39.2 Å². The minimum atomic E-state index is -0.656. The average Bonchev–Trinajstić information content (AvgIpc) is 2.48. The van der Waals surface area contributed by atoms with Gasteiger partial charge in [0.1, 0.15) is 10.3 Å². The molecule has 7 heteroatoms. The molecule has 126 valence electrons. The summed E-state index contributed by atoms with van der Waals surface area (Å²) in [7, 11) is 0. The molecule has 1 N–H and O–H groups in total. The van der Waals surface area contributed by atoms with Gasteiger partial charge in [0, 0.05) is 6.04 Å². The number of ether oxygens (including phenoxy) is 1. The van der Waals surface area contributed by atoms with E-state index in [2.05, 4.69) is 24.1 Å². The van der Waals surface area contributed by atoms with Crippen molar-refractivity contribution in [2.75, 3.05) is 6.61 Å². The van der Waals surface area contributed by atoms with E-state index < -0.39 is 5.97 Å². The highest BCUT2D eigenvalue weighted by atomic mass is 35.5. The first-order valence-electron chi connectivity index (χ1n) is 7.66. The van der Waals surface area contributed by atoms with Gasteiger partial charge in [-0.25, -0.2) is 9.78 Å². The van der Waals surface area contributed by atoms with E-state index >= 15 is 0 Å². The largest absolute Gasteiger partial charge is 0.452 e. The molecule has 1 aromatic rings. The minimum absolute atomic E-state index is 0.0962. The Morgan fingerprint density at radius 1 is 1.26 bits per heavy atom. The Bertz CT molecular complexity index is 574. The van der Waals surface area contributed by atoms with Crippen LogP contribution in [0.2, 0.25) is 10.3 Å². The SMILES string of the molecule is C[C@@H]1[C@H](C)CCC[C@@H]1NC(=O)COC(=O)c1cc(Cl)nc(Cl)c1. The molecule has 1 saturated carbocycles. The molecule has 2 rings (SSSR count). The number of carbonyl (C=O) groups excluding carboxylic acids is 2. The first-order chi connectivity index (χ1) is 10.9. The molecular weight excluding hydrogens is 339 g/mol. The lowest BCUT2D eigenvalue weighted by atomic mass is 9.78. The van der Waals surface area contributed by atoms with E-state index in [4.69, 9.17) is 27.9 Å². The molecule has 0 unspecified atom stereocenters. The molecule has 0 saturated heterocycles. The number of hydrogen-bond donors (Lipinski definition) is 1. The van der Waals surface area contributed by atoms with E-state index in [0.29, 0.717) is 11.8 Å². The lowest BCUT2D eigenvalue weighted by molar-refractivity contribution is -0.125. The third-order valence-electron chi connectivity index (χ3n) is 4.39. The maximum atomic E-state index is 12.0. The zero-order valence-corrected chi connectivity index (χ0v) is 14.7. The molecule has 0 spiro atoms. The Morgan fingerprint density at radius 3 is 2.57 bits per heavy atom. The van der Waals surface area contributed by atoms with Crippen LogP contribution in [0.3, 0.4) is 0 Å². The van der Waals surface area contributed by atoms with Crippen molar-refractivity contribution in [3.05, 3.63) is 28.0 Å². The maximum Gasteiger partial charge on any atom is 0.338 e. The Kier molecular flexibility index (Phi) is 6.25. The molecule has 1 aliphatic carbocycles. The van der Waals surface area contributed by atoms with Gasteiger partial charge in [-0.05, 0) is 30.4 Å². The molecule has 1 aliphatic rings. The summed E-state index contributed by atoms with van der Waals surface area (Å²) in [5.74, 6) is 0.0471. The predicted molar refractivity (Wildman–Crippen MR) is 88.6 cm³/mol. The summed E-state index contributed by atoms with van der Waals surface area (Å²) in [6, 6.07) is 2.83. The van der Waals surface area contributed by atoms with Crippen molar-refractivity contribution in [1.29, 1.82) is 0 Å². The van der Waals surface area contributed by atoms with Crippen molar-refractivity contribution in [2.24, 2.45) is 11.8 Å². The van der Waals surface area contributed by atoms with Crippen molar-refractivity contribution < 1.29 is 14.3 Å². The van der Waals surface area contributed by atoms with E-state index in [9.17, 15) is 9.59 Å². The second-order valence-electron chi connectivity index (χ2n) is 6.02. The van der Waals surface area contributed by atoms with Gasteiger partial charge in [0.2, 0.25) is 0 Å². The second kappa shape index (κ2) is 7.97. The molecule has 1 fully saturated rings. The molecule has 1 heterocycles. The van der Waals surface area contributed by atoms with Gasteiger partial charge >= 0.3 is 5.97 Å². The molecule has 5 nitrogen and oxygen atoms in total. The summed E-state index contributed by atoms with van der Waals surface area (Å²) in [5.41, 5.74) is 0.169. The Hall–Kier alpha value is -1.33. The first-order valence-corrected chi connectivity index (χ1v) is 8.42. The van der Waals surface area contributed by atoms with E-state index in [-0.39, 0.29) is 34.4 Å². The Balaban J connectivity index is 1.85. The van der Waals surface area contributed by atoms with E-state index in [1.54, 1.807) is 0 Å². The fourth-order valence-corrected chi connectivity index (χ4v) is 3.29. The van der Waals surface area contributed by atoms with Crippen LogP contribution in [-0.4, -0.2) is 29.5 Å². The Labute approximate surface area is 145 Å². The Morgan fingerprint density at radius 2 is 1.91 bits per heavy atom.